The van der Waals surface area contributed by atoms with Crippen molar-refractivity contribution < 1.29 is 0 Å². The smallest absolute Gasteiger partial charge is 0.0726 e. The van der Waals surface area contributed by atoms with E-state index >= 15 is 0 Å². The molecule has 13 rings (SSSR count). The number of thiophene rings is 1. The average Bonchev–Trinajstić information content (AvgIpc) is 3.99. The van der Waals surface area contributed by atoms with E-state index in [-0.39, 0.29) is 0 Å². The Labute approximate surface area is 371 Å². The van der Waals surface area contributed by atoms with E-state index in [9.17, 15) is 0 Å². The highest BCUT2D eigenvalue weighted by atomic mass is 32.1. The molecule has 0 unspecified atom stereocenters. The number of nitrogens with zero attached hydrogens (tertiary/aromatic N) is 1. The molecule has 0 saturated heterocycles. The first kappa shape index (κ1) is 35.9. The van der Waals surface area contributed by atoms with Crippen LogP contribution in [-0.4, -0.2) is 0 Å². The van der Waals surface area contributed by atoms with Gasteiger partial charge in [0.2, 0.25) is 0 Å². The topological polar surface area (TPSA) is 3.24 Å². The highest BCUT2D eigenvalue weighted by molar-refractivity contribution is 7.26. The van der Waals surface area contributed by atoms with Gasteiger partial charge in [0, 0.05) is 26.8 Å². The third kappa shape index (κ3) is 5.29. The van der Waals surface area contributed by atoms with Gasteiger partial charge in [-0.05, 0) is 114 Å². The number of fused-ring (bicyclic) bond motifs is 13. The van der Waals surface area contributed by atoms with E-state index in [0.717, 1.165) is 11.4 Å². The van der Waals surface area contributed by atoms with E-state index in [1.807, 2.05) is 11.3 Å². The van der Waals surface area contributed by atoms with Crippen LogP contribution in [0.15, 0.2) is 237 Å². The van der Waals surface area contributed by atoms with Crippen molar-refractivity contribution in [2.45, 2.75) is 5.41 Å². The number of hydrogen-bond donors (Lipinski definition) is 0. The van der Waals surface area contributed by atoms with Gasteiger partial charge < -0.3 is 4.90 Å². The summed E-state index contributed by atoms with van der Waals surface area (Å²) in [5.41, 5.74) is 20.7. The maximum Gasteiger partial charge on any atom is 0.0726 e. The number of hydrogen-bond acceptors (Lipinski definition) is 2. The summed E-state index contributed by atoms with van der Waals surface area (Å²) >= 11 is 1.88. The Morgan fingerprint density at radius 2 is 0.762 bits per heavy atom. The van der Waals surface area contributed by atoms with Gasteiger partial charge in [-0.1, -0.05) is 200 Å². The Hall–Kier alpha value is -7.78. The maximum absolute atomic E-state index is 2.53. The van der Waals surface area contributed by atoms with Crippen LogP contribution in [0.3, 0.4) is 0 Å². The van der Waals surface area contributed by atoms with Gasteiger partial charge in [0.25, 0.3) is 0 Å². The molecule has 0 bridgehead atoms. The first-order chi connectivity index (χ1) is 31.3. The highest BCUT2D eigenvalue weighted by Gasteiger charge is 2.51. The van der Waals surface area contributed by atoms with Crippen molar-refractivity contribution >= 4 is 48.6 Å². The normalized spacial score (nSPS) is 12.9. The largest absolute Gasteiger partial charge is 0.309 e. The summed E-state index contributed by atoms with van der Waals surface area (Å²) in [6.45, 7) is 0. The lowest BCUT2D eigenvalue weighted by molar-refractivity contribution is 0.793. The van der Waals surface area contributed by atoms with Crippen molar-refractivity contribution in [2.75, 3.05) is 4.90 Å². The molecule has 2 heteroatoms. The van der Waals surface area contributed by atoms with Crippen LogP contribution in [0.5, 0.6) is 0 Å². The number of rotatable bonds is 6. The predicted molar refractivity (Wildman–Crippen MR) is 267 cm³/mol. The zero-order chi connectivity index (χ0) is 41.5. The van der Waals surface area contributed by atoms with Gasteiger partial charge in [-0.2, -0.15) is 0 Å². The van der Waals surface area contributed by atoms with Gasteiger partial charge in [0.1, 0.15) is 0 Å². The van der Waals surface area contributed by atoms with Crippen molar-refractivity contribution in [2.24, 2.45) is 0 Å². The summed E-state index contributed by atoms with van der Waals surface area (Å²) in [7, 11) is 0. The molecule has 0 radical (unpaired) electrons. The highest BCUT2D eigenvalue weighted by Crippen LogP contribution is 2.63. The molecule has 0 saturated carbocycles. The first-order valence-corrected chi connectivity index (χ1v) is 22.6. The lowest BCUT2D eigenvalue weighted by atomic mass is 9.70. The number of benzene rings is 10. The lowest BCUT2D eigenvalue weighted by Gasteiger charge is -2.32. The lowest BCUT2D eigenvalue weighted by Crippen LogP contribution is -2.26. The minimum absolute atomic E-state index is 0.457. The predicted octanol–water partition coefficient (Wildman–Crippen LogP) is 16.9. The molecule has 0 amide bonds. The quantitative estimate of drug-likeness (QED) is 0.162. The summed E-state index contributed by atoms with van der Waals surface area (Å²) in [5.74, 6) is 0. The molecule has 1 heterocycles. The molecule has 2 aliphatic rings. The van der Waals surface area contributed by atoms with Gasteiger partial charge in [-0.25, -0.2) is 0 Å². The maximum atomic E-state index is 2.53. The van der Waals surface area contributed by atoms with Gasteiger partial charge >= 0.3 is 0 Å². The average molecular weight is 818 g/mol. The molecular weight excluding hydrogens is 779 g/mol. The Kier molecular flexibility index (Phi) is 8.06. The van der Waals surface area contributed by atoms with E-state index in [2.05, 4.69) is 241 Å². The third-order valence-electron chi connectivity index (χ3n) is 13.5. The van der Waals surface area contributed by atoms with E-state index in [4.69, 9.17) is 0 Å². The Morgan fingerprint density at radius 3 is 1.40 bits per heavy atom. The van der Waals surface area contributed by atoms with Crippen LogP contribution in [0.4, 0.5) is 17.1 Å². The van der Waals surface area contributed by atoms with Gasteiger partial charge in [-0.15, -0.1) is 11.3 Å². The molecule has 1 spiro atoms. The fourth-order valence-corrected chi connectivity index (χ4v) is 12.1. The second-order valence-electron chi connectivity index (χ2n) is 16.7. The summed E-state index contributed by atoms with van der Waals surface area (Å²) in [4.78, 5) is 2.53. The SMILES string of the molecule is c1ccc(-c2ccccc2-c2cc(N(c3ccc4c(c3)C3(c5ccccc5-c5ccccc53)c3ccccc3-4)c3cccc4c3sc3ccccc34)ccc2-c2ccccc2)cc1. The fourth-order valence-electron chi connectivity index (χ4n) is 10.9. The minimum Gasteiger partial charge on any atom is -0.309 e. The van der Waals surface area contributed by atoms with Crippen LogP contribution >= 0.6 is 11.3 Å². The summed E-state index contributed by atoms with van der Waals surface area (Å²) in [5, 5.41) is 2.57. The molecule has 1 nitrogen and oxygen atoms in total. The molecule has 0 aliphatic heterocycles. The zero-order valence-electron chi connectivity index (χ0n) is 34.4. The van der Waals surface area contributed by atoms with Gasteiger partial charge in [-0.3, -0.25) is 0 Å². The first-order valence-electron chi connectivity index (χ1n) is 21.8. The van der Waals surface area contributed by atoms with Crippen molar-refractivity contribution in [3.8, 4) is 55.6 Å². The van der Waals surface area contributed by atoms with Crippen LogP contribution in [0.2, 0.25) is 0 Å². The van der Waals surface area contributed by atoms with E-state index in [1.54, 1.807) is 0 Å². The molecule has 1 aromatic heterocycles. The van der Waals surface area contributed by atoms with Crippen molar-refractivity contribution in [1.29, 1.82) is 0 Å². The molecule has 10 aromatic carbocycles. The van der Waals surface area contributed by atoms with Crippen molar-refractivity contribution in [3.63, 3.8) is 0 Å². The minimum atomic E-state index is -0.457. The molecule has 2 aliphatic carbocycles. The molecule has 0 fully saturated rings. The Morgan fingerprint density at radius 1 is 0.302 bits per heavy atom. The van der Waals surface area contributed by atoms with Crippen LogP contribution in [0, 0.1) is 0 Å². The van der Waals surface area contributed by atoms with Gasteiger partial charge in [0.15, 0.2) is 0 Å². The van der Waals surface area contributed by atoms with Crippen LogP contribution in [0.25, 0.3) is 75.8 Å². The zero-order valence-corrected chi connectivity index (χ0v) is 35.2. The van der Waals surface area contributed by atoms with Gasteiger partial charge in [0.05, 0.1) is 15.8 Å². The van der Waals surface area contributed by atoms with E-state index in [1.165, 1.54) is 104 Å². The second kappa shape index (κ2) is 14.1. The molecule has 294 valence electrons. The summed E-state index contributed by atoms with van der Waals surface area (Å²) in [6, 6.07) is 87.8. The summed E-state index contributed by atoms with van der Waals surface area (Å²) in [6.07, 6.45) is 0. The fraction of sp³-hybridized carbons (Fsp3) is 0.0164. The Bertz CT molecular complexity index is 3520. The Balaban J connectivity index is 1.11. The van der Waals surface area contributed by atoms with Crippen LogP contribution in [-0.2, 0) is 5.41 Å². The molecular formula is C61H39NS. The molecule has 63 heavy (non-hydrogen) atoms. The monoisotopic (exact) mass is 817 g/mol. The molecule has 0 N–H and O–H groups in total. The number of anilines is 3. The van der Waals surface area contributed by atoms with Crippen molar-refractivity contribution in [1.82, 2.24) is 0 Å². The standard InChI is InChI=1S/C61H39NS/c1-3-18-40(19-4-1)44-22-7-8-23-46(44)53-38-42(34-36-45(53)41-20-5-2-6-21-41)62(58-32-17-28-52-51-27-12-16-33-59(51)63-60(52)58)43-35-37-50-49-26-11-15-31-56(49)61(57(50)39-43)54-29-13-9-24-47(54)48-25-10-14-30-55(48)61/h1-39H. The van der Waals surface area contributed by atoms with Crippen molar-refractivity contribution in [3.05, 3.63) is 259 Å². The third-order valence-corrected chi connectivity index (χ3v) is 14.7. The van der Waals surface area contributed by atoms with E-state index < -0.39 is 5.41 Å². The van der Waals surface area contributed by atoms with Crippen LogP contribution in [0.1, 0.15) is 22.3 Å². The molecule has 0 atom stereocenters. The second-order valence-corrected chi connectivity index (χ2v) is 17.8. The van der Waals surface area contributed by atoms with Crippen LogP contribution < -0.4 is 4.90 Å². The summed E-state index contributed by atoms with van der Waals surface area (Å²) < 4.78 is 2.56. The molecule has 11 aromatic rings. The van der Waals surface area contributed by atoms with E-state index in [0.29, 0.717) is 0 Å².